The van der Waals surface area contributed by atoms with Crippen LogP contribution in [0.3, 0.4) is 0 Å². The average molecular weight is 350 g/mol. The van der Waals surface area contributed by atoms with Crippen molar-refractivity contribution in [3.05, 3.63) is 41.1 Å². The minimum atomic E-state index is -3.81. The highest BCUT2D eigenvalue weighted by Gasteiger charge is 2.12. The Morgan fingerprint density at radius 1 is 1.14 bits per heavy atom. The van der Waals surface area contributed by atoms with Crippen molar-refractivity contribution in [3.8, 4) is 0 Å². The summed E-state index contributed by atoms with van der Waals surface area (Å²) in [7, 11) is -7.30. The molecule has 1 aromatic carbocycles. The number of unbranched alkanes of at least 4 members (excludes halogenated alkanes) is 1. The summed E-state index contributed by atoms with van der Waals surface area (Å²) >= 11 is 0. The third-order valence-corrected chi connectivity index (χ3v) is 4.83. The summed E-state index contributed by atoms with van der Waals surface area (Å²) in [5.74, 6) is -0.764. The molecule has 0 fully saturated rings. The fourth-order valence-electron chi connectivity index (χ4n) is 1.63. The number of hydrogen-bond acceptors (Lipinski definition) is 5. The van der Waals surface area contributed by atoms with Crippen LogP contribution in [-0.2, 0) is 24.1 Å². The van der Waals surface area contributed by atoms with Crippen LogP contribution in [-0.4, -0.2) is 29.7 Å². The lowest BCUT2D eigenvalue weighted by Crippen LogP contribution is -2.04. The normalized spacial score (nSPS) is 13.3. The molecule has 5 nitrogen and oxygen atoms in total. The first kappa shape index (κ1) is 18.8. The van der Waals surface area contributed by atoms with Gasteiger partial charge in [0, 0.05) is 0 Å². The molecule has 0 spiro atoms. The van der Waals surface area contributed by atoms with E-state index in [1.165, 1.54) is 12.1 Å². The number of rotatable bonds is 8. The average Bonchev–Trinajstić information content (AvgIpc) is 2.36. The van der Waals surface area contributed by atoms with Crippen LogP contribution in [0.2, 0.25) is 0 Å². The lowest BCUT2D eigenvalue weighted by molar-refractivity contribution is 0.310. The van der Waals surface area contributed by atoms with E-state index < -0.39 is 25.8 Å². The van der Waals surface area contributed by atoms with E-state index in [-0.39, 0.29) is 17.9 Å². The Morgan fingerprint density at radius 3 is 2.27 bits per heavy atom. The molecule has 0 N–H and O–H groups in total. The largest absolute Gasteiger partial charge is 0.270 e. The lowest BCUT2D eigenvalue weighted by Gasteiger charge is -2.02. The molecule has 22 heavy (non-hydrogen) atoms. The maximum absolute atomic E-state index is 13.6. The second-order valence-corrected chi connectivity index (χ2v) is 8.35. The second kappa shape index (κ2) is 7.85. The van der Waals surface area contributed by atoms with Crippen molar-refractivity contribution < 1.29 is 25.4 Å². The molecule has 0 saturated heterocycles. The first-order valence-corrected chi connectivity index (χ1v) is 9.99. The van der Waals surface area contributed by atoms with E-state index in [4.69, 9.17) is 0 Å². The van der Waals surface area contributed by atoms with E-state index in [9.17, 15) is 21.2 Å². The van der Waals surface area contributed by atoms with E-state index in [0.717, 1.165) is 11.8 Å². The predicted molar refractivity (Wildman–Crippen MR) is 82.2 cm³/mol. The van der Waals surface area contributed by atoms with Gasteiger partial charge in [-0.25, -0.2) is 12.8 Å². The van der Waals surface area contributed by atoms with Gasteiger partial charge in [0.05, 0.1) is 23.2 Å². The summed E-state index contributed by atoms with van der Waals surface area (Å²) in [5, 5.41) is 0.606. The molecule has 0 saturated carbocycles. The van der Waals surface area contributed by atoms with Crippen LogP contribution in [0.1, 0.15) is 24.8 Å². The smallest absolute Gasteiger partial charge is 0.264 e. The first-order chi connectivity index (χ1) is 10.1. The maximum atomic E-state index is 13.6. The van der Waals surface area contributed by atoms with Gasteiger partial charge >= 0.3 is 0 Å². The molecule has 1 aromatic rings. The van der Waals surface area contributed by atoms with Crippen molar-refractivity contribution in [2.24, 2.45) is 0 Å². The van der Waals surface area contributed by atoms with Gasteiger partial charge in [-0.3, -0.25) is 4.18 Å². The molecule has 0 aliphatic heterocycles. The molecule has 0 radical (unpaired) electrons. The highest BCUT2D eigenvalue weighted by Crippen LogP contribution is 2.18. The van der Waals surface area contributed by atoms with Crippen LogP contribution in [0.4, 0.5) is 4.39 Å². The van der Waals surface area contributed by atoms with E-state index in [1.54, 1.807) is 12.1 Å². The summed E-state index contributed by atoms with van der Waals surface area (Å²) in [6.45, 7) is 1.78. The van der Waals surface area contributed by atoms with Gasteiger partial charge < -0.3 is 0 Å². The van der Waals surface area contributed by atoms with Crippen molar-refractivity contribution in [2.45, 2.75) is 31.1 Å². The number of hydrogen-bond donors (Lipinski definition) is 0. The number of benzene rings is 1. The quantitative estimate of drug-likeness (QED) is 0.532. The molecule has 0 bridgehead atoms. The van der Waals surface area contributed by atoms with E-state index in [1.807, 2.05) is 6.92 Å². The van der Waals surface area contributed by atoms with Crippen molar-refractivity contribution in [1.29, 1.82) is 0 Å². The van der Waals surface area contributed by atoms with Gasteiger partial charge in [-0.1, -0.05) is 17.7 Å². The van der Waals surface area contributed by atoms with E-state index in [2.05, 4.69) is 4.18 Å². The van der Waals surface area contributed by atoms with Gasteiger partial charge in [0.2, 0.25) is 9.84 Å². The summed E-state index contributed by atoms with van der Waals surface area (Å²) in [4.78, 5) is 0.0358. The van der Waals surface area contributed by atoms with Gasteiger partial charge in [0.15, 0.2) is 0 Å². The molecule has 0 aliphatic rings. The molecular weight excluding hydrogens is 331 g/mol. The van der Waals surface area contributed by atoms with Gasteiger partial charge in [0.25, 0.3) is 10.1 Å². The first-order valence-electron chi connectivity index (χ1n) is 6.62. The Labute approximate surface area is 130 Å². The predicted octanol–water partition coefficient (Wildman–Crippen LogP) is 2.73. The molecule has 0 aliphatic carbocycles. The van der Waals surface area contributed by atoms with Gasteiger partial charge in [-0.05, 0) is 38.3 Å². The van der Waals surface area contributed by atoms with Crippen LogP contribution in [0, 0.1) is 6.92 Å². The molecule has 124 valence electrons. The highest BCUT2D eigenvalue weighted by molar-refractivity contribution is 7.94. The SMILES string of the molecule is Cc1ccc(S(=O)(=O)/C=C(\F)CCCCOS(C)(=O)=O)cc1. The fourth-order valence-corrected chi connectivity index (χ4v) is 3.16. The molecular formula is C14H19FO5S2. The molecule has 0 aromatic heterocycles. The Kier molecular flexibility index (Phi) is 6.70. The number of sulfone groups is 1. The van der Waals surface area contributed by atoms with Crippen LogP contribution in [0.25, 0.3) is 0 Å². The zero-order valence-corrected chi connectivity index (χ0v) is 14.1. The third kappa shape index (κ3) is 7.15. The van der Waals surface area contributed by atoms with Crippen molar-refractivity contribution >= 4 is 20.0 Å². The molecule has 0 unspecified atom stereocenters. The molecule has 0 atom stereocenters. The molecule has 0 heterocycles. The number of halogens is 1. The summed E-state index contributed by atoms with van der Waals surface area (Å²) < 4.78 is 63.5. The Morgan fingerprint density at radius 2 is 1.73 bits per heavy atom. The van der Waals surface area contributed by atoms with Crippen molar-refractivity contribution in [1.82, 2.24) is 0 Å². The monoisotopic (exact) mass is 350 g/mol. The van der Waals surface area contributed by atoms with Crippen LogP contribution in [0.15, 0.2) is 40.4 Å². The minimum absolute atomic E-state index is 0.0358. The van der Waals surface area contributed by atoms with Crippen LogP contribution >= 0.6 is 0 Å². The summed E-state index contributed by atoms with van der Waals surface area (Å²) in [5.41, 5.74) is 0.911. The van der Waals surface area contributed by atoms with Crippen LogP contribution < -0.4 is 0 Å². The van der Waals surface area contributed by atoms with Gasteiger partial charge in [-0.15, -0.1) is 0 Å². The van der Waals surface area contributed by atoms with Crippen LogP contribution in [0.5, 0.6) is 0 Å². The zero-order chi connectivity index (χ0) is 16.8. The highest BCUT2D eigenvalue weighted by atomic mass is 32.2. The summed E-state index contributed by atoms with van der Waals surface area (Å²) in [6, 6.07) is 6.13. The Balaban J connectivity index is 2.55. The topological polar surface area (TPSA) is 77.5 Å². The lowest BCUT2D eigenvalue weighted by atomic mass is 10.2. The van der Waals surface area contributed by atoms with E-state index >= 15 is 0 Å². The molecule has 8 heteroatoms. The second-order valence-electron chi connectivity index (χ2n) is 4.91. The standard InChI is InChI=1S/C14H19FO5S2/c1-12-6-8-14(9-7-12)22(18,19)11-13(15)5-3-4-10-20-21(2,16)17/h6-9,11H,3-5,10H2,1-2H3/b13-11-. The maximum Gasteiger partial charge on any atom is 0.264 e. The number of aryl methyl sites for hydroxylation is 1. The fraction of sp³-hybridized carbons (Fsp3) is 0.429. The zero-order valence-electron chi connectivity index (χ0n) is 12.5. The third-order valence-electron chi connectivity index (χ3n) is 2.74. The summed E-state index contributed by atoms with van der Waals surface area (Å²) in [6.07, 6.45) is 1.46. The Hall–Kier alpha value is -1.25. The molecule has 0 amide bonds. The van der Waals surface area contributed by atoms with Gasteiger partial charge in [-0.2, -0.15) is 8.42 Å². The molecule has 1 rings (SSSR count). The van der Waals surface area contributed by atoms with Crippen molar-refractivity contribution in [2.75, 3.05) is 12.9 Å². The minimum Gasteiger partial charge on any atom is -0.270 e. The Bertz CT molecular complexity index is 719. The van der Waals surface area contributed by atoms with Crippen molar-refractivity contribution in [3.63, 3.8) is 0 Å². The van der Waals surface area contributed by atoms with Gasteiger partial charge in [0.1, 0.15) is 5.83 Å². The van der Waals surface area contributed by atoms with E-state index in [0.29, 0.717) is 18.2 Å². The number of allylic oxidation sites excluding steroid dienone is 1.